The van der Waals surface area contributed by atoms with E-state index < -0.39 is 0 Å². The zero-order valence-corrected chi connectivity index (χ0v) is 15.0. The zero-order chi connectivity index (χ0) is 17.6. The van der Waals surface area contributed by atoms with Gasteiger partial charge >= 0.3 is 0 Å². The Morgan fingerprint density at radius 2 is 1.58 bits per heavy atom. The number of hydrogen-bond donors (Lipinski definition) is 0. The van der Waals surface area contributed by atoms with Gasteiger partial charge in [-0.1, -0.05) is 60.7 Å². The van der Waals surface area contributed by atoms with Crippen LogP contribution in [0.25, 0.3) is 11.3 Å². The molecule has 132 valence electrons. The van der Waals surface area contributed by atoms with Gasteiger partial charge in [0, 0.05) is 30.4 Å². The number of aromatic nitrogens is 2. The van der Waals surface area contributed by atoms with Crippen LogP contribution in [0.15, 0.2) is 72.0 Å². The number of piperidine rings is 1. The lowest BCUT2D eigenvalue weighted by Crippen LogP contribution is -2.24. The summed E-state index contributed by atoms with van der Waals surface area (Å²) in [7, 11) is 0. The standard InChI is InChI=1S/C22H24N4/c1-4-10-19(11-5-1)17-26-18-21(16-23-25-14-8-3-9-15-25)22(24-26)20-12-6-2-7-13-20/h1-2,4-7,10-13,16,18H,3,8-9,14-15,17H2/b23-16-. The van der Waals surface area contributed by atoms with Gasteiger partial charge in [0.25, 0.3) is 0 Å². The van der Waals surface area contributed by atoms with Crippen molar-refractivity contribution in [1.29, 1.82) is 0 Å². The molecule has 0 atom stereocenters. The van der Waals surface area contributed by atoms with Crippen molar-refractivity contribution in [3.8, 4) is 11.3 Å². The van der Waals surface area contributed by atoms with Crippen molar-refractivity contribution in [1.82, 2.24) is 14.8 Å². The van der Waals surface area contributed by atoms with E-state index in [1.165, 1.54) is 24.8 Å². The second-order valence-corrected chi connectivity index (χ2v) is 6.74. The average Bonchev–Trinajstić information content (AvgIpc) is 3.11. The third kappa shape index (κ3) is 4.02. The van der Waals surface area contributed by atoms with E-state index in [1.807, 2.05) is 23.0 Å². The molecule has 4 rings (SSSR count). The van der Waals surface area contributed by atoms with Gasteiger partial charge in [-0.2, -0.15) is 10.2 Å². The highest BCUT2D eigenvalue weighted by molar-refractivity contribution is 5.88. The quantitative estimate of drug-likeness (QED) is 0.642. The van der Waals surface area contributed by atoms with Crippen molar-refractivity contribution in [2.45, 2.75) is 25.8 Å². The van der Waals surface area contributed by atoms with Crippen LogP contribution in [0.4, 0.5) is 0 Å². The summed E-state index contributed by atoms with van der Waals surface area (Å²) in [6.45, 7) is 2.86. The molecule has 0 amide bonds. The lowest BCUT2D eigenvalue weighted by Gasteiger charge is -2.23. The fourth-order valence-electron chi connectivity index (χ4n) is 3.34. The molecule has 0 saturated carbocycles. The molecule has 1 aromatic heterocycles. The fraction of sp³-hybridized carbons (Fsp3) is 0.273. The third-order valence-corrected chi connectivity index (χ3v) is 4.72. The number of rotatable bonds is 5. The molecule has 0 bridgehead atoms. The molecule has 1 saturated heterocycles. The Balaban J connectivity index is 1.63. The zero-order valence-electron chi connectivity index (χ0n) is 15.0. The Morgan fingerprint density at radius 1 is 0.885 bits per heavy atom. The van der Waals surface area contributed by atoms with Gasteiger partial charge in [-0.05, 0) is 24.8 Å². The first kappa shape index (κ1) is 16.6. The number of hydrazone groups is 1. The van der Waals surface area contributed by atoms with Crippen molar-refractivity contribution >= 4 is 6.21 Å². The molecule has 4 nitrogen and oxygen atoms in total. The predicted octanol–water partition coefficient (Wildman–Crippen LogP) is 4.42. The maximum atomic E-state index is 4.85. The normalized spacial score (nSPS) is 14.8. The van der Waals surface area contributed by atoms with E-state index in [4.69, 9.17) is 10.2 Å². The Labute approximate surface area is 154 Å². The summed E-state index contributed by atoms with van der Waals surface area (Å²) in [5.74, 6) is 0. The van der Waals surface area contributed by atoms with Crippen molar-refractivity contribution in [2.75, 3.05) is 13.1 Å². The summed E-state index contributed by atoms with van der Waals surface area (Å²) in [5, 5.41) is 11.7. The molecule has 0 spiro atoms. The van der Waals surface area contributed by atoms with Crippen LogP contribution in [-0.4, -0.2) is 34.1 Å². The predicted molar refractivity (Wildman–Crippen MR) is 106 cm³/mol. The molecule has 26 heavy (non-hydrogen) atoms. The molecule has 4 heteroatoms. The first-order valence-corrected chi connectivity index (χ1v) is 9.34. The summed E-state index contributed by atoms with van der Waals surface area (Å²) in [4.78, 5) is 0. The lowest BCUT2D eigenvalue weighted by atomic mass is 10.1. The van der Waals surface area contributed by atoms with Gasteiger partial charge in [-0.25, -0.2) is 0 Å². The lowest BCUT2D eigenvalue weighted by molar-refractivity contribution is 0.240. The summed E-state index contributed by atoms with van der Waals surface area (Å²) in [6, 6.07) is 20.8. The van der Waals surface area contributed by atoms with E-state index in [0.717, 1.165) is 36.5 Å². The minimum absolute atomic E-state index is 0.762. The van der Waals surface area contributed by atoms with Gasteiger partial charge in [-0.15, -0.1) is 0 Å². The Kier molecular flexibility index (Phi) is 5.10. The van der Waals surface area contributed by atoms with Crippen LogP contribution < -0.4 is 0 Å². The SMILES string of the molecule is C(=N/N1CCCCC1)/c1cn(Cc2ccccc2)nc1-c1ccccc1. The van der Waals surface area contributed by atoms with Crippen molar-refractivity contribution < 1.29 is 0 Å². The maximum Gasteiger partial charge on any atom is 0.101 e. The molecule has 1 aliphatic heterocycles. The molecule has 1 aliphatic rings. The molecule has 2 heterocycles. The minimum atomic E-state index is 0.762. The smallest absolute Gasteiger partial charge is 0.101 e. The van der Waals surface area contributed by atoms with Gasteiger partial charge < -0.3 is 0 Å². The number of benzene rings is 2. The number of nitrogens with zero attached hydrogens (tertiary/aromatic N) is 4. The highest BCUT2D eigenvalue weighted by atomic mass is 15.4. The van der Waals surface area contributed by atoms with Gasteiger partial charge in [0.1, 0.15) is 5.69 Å². The van der Waals surface area contributed by atoms with Gasteiger partial charge in [-0.3, -0.25) is 9.69 Å². The van der Waals surface area contributed by atoms with E-state index in [1.54, 1.807) is 0 Å². The molecule has 0 radical (unpaired) electrons. The summed E-state index contributed by atoms with van der Waals surface area (Å²) < 4.78 is 2.01. The van der Waals surface area contributed by atoms with Crippen molar-refractivity contribution in [3.05, 3.63) is 78.0 Å². The van der Waals surface area contributed by atoms with Crippen LogP contribution >= 0.6 is 0 Å². The molecule has 1 fully saturated rings. The molecular formula is C22H24N4. The van der Waals surface area contributed by atoms with E-state index in [-0.39, 0.29) is 0 Å². The highest BCUT2D eigenvalue weighted by Gasteiger charge is 2.11. The molecule has 0 aliphatic carbocycles. The van der Waals surface area contributed by atoms with Crippen LogP contribution in [0.5, 0.6) is 0 Å². The first-order chi connectivity index (χ1) is 12.9. The first-order valence-electron chi connectivity index (χ1n) is 9.34. The Hall–Kier alpha value is -2.88. The van der Waals surface area contributed by atoms with E-state index >= 15 is 0 Å². The molecule has 0 N–H and O–H groups in total. The second kappa shape index (κ2) is 8.00. The monoisotopic (exact) mass is 344 g/mol. The van der Waals surface area contributed by atoms with E-state index in [9.17, 15) is 0 Å². The average molecular weight is 344 g/mol. The summed E-state index contributed by atoms with van der Waals surface area (Å²) in [6.07, 6.45) is 7.85. The van der Waals surface area contributed by atoms with Crippen LogP contribution in [-0.2, 0) is 6.54 Å². The third-order valence-electron chi connectivity index (χ3n) is 4.72. The summed E-state index contributed by atoms with van der Waals surface area (Å²) in [5.41, 5.74) is 4.42. The molecule has 0 unspecified atom stereocenters. The molecular weight excluding hydrogens is 320 g/mol. The van der Waals surface area contributed by atoms with Crippen molar-refractivity contribution in [3.63, 3.8) is 0 Å². The van der Waals surface area contributed by atoms with Crippen molar-refractivity contribution in [2.24, 2.45) is 5.10 Å². The fourth-order valence-corrected chi connectivity index (χ4v) is 3.34. The van der Waals surface area contributed by atoms with Gasteiger partial charge in [0.05, 0.1) is 12.8 Å². The maximum absolute atomic E-state index is 4.85. The largest absolute Gasteiger partial charge is 0.297 e. The van der Waals surface area contributed by atoms with E-state index in [2.05, 4.69) is 59.7 Å². The second-order valence-electron chi connectivity index (χ2n) is 6.74. The molecule has 2 aromatic carbocycles. The van der Waals surface area contributed by atoms with Gasteiger partial charge in [0.15, 0.2) is 0 Å². The van der Waals surface area contributed by atoms with Crippen LogP contribution in [0.2, 0.25) is 0 Å². The van der Waals surface area contributed by atoms with Crippen LogP contribution in [0, 0.1) is 0 Å². The Bertz CT molecular complexity index is 846. The number of hydrogen-bond acceptors (Lipinski definition) is 3. The van der Waals surface area contributed by atoms with E-state index in [0.29, 0.717) is 0 Å². The molecule has 3 aromatic rings. The van der Waals surface area contributed by atoms with Crippen LogP contribution in [0.1, 0.15) is 30.4 Å². The summed E-state index contributed by atoms with van der Waals surface area (Å²) >= 11 is 0. The Morgan fingerprint density at radius 3 is 2.31 bits per heavy atom. The topological polar surface area (TPSA) is 33.4 Å². The van der Waals surface area contributed by atoms with Crippen LogP contribution in [0.3, 0.4) is 0 Å². The minimum Gasteiger partial charge on any atom is -0.297 e. The van der Waals surface area contributed by atoms with Gasteiger partial charge in [0.2, 0.25) is 0 Å². The highest BCUT2D eigenvalue weighted by Crippen LogP contribution is 2.21.